The number of fused-ring (bicyclic) bond motifs is 1. The van der Waals surface area contributed by atoms with E-state index in [-0.39, 0.29) is 16.7 Å². The molecule has 4 N–H and O–H groups in total. The predicted octanol–water partition coefficient (Wildman–Crippen LogP) is -1.55. The summed E-state index contributed by atoms with van der Waals surface area (Å²) in [4.78, 5) is 22.3. The molecule has 0 saturated carbocycles. The first kappa shape index (κ1) is 11.7. The van der Waals surface area contributed by atoms with Gasteiger partial charge in [-0.25, -0.2) is 9.59 Å². The number of carbonyl (C=O) groups is 2. The van der Waals surface area contributed by atoms with Gasteiger partial charge >= 0.3 is 11.9 Å². The Kier molecular flexibility index (Phi) is 2.48. The minimum absolute atomic E-state index is 0.0121. The van der Waals surface area contributed by atoms with Gasteiger partial charge in [-0.15, -0.1) is 0 Å². The molecule has 0 amide bonds. The van der Waals surface area contributed by atoms with E-state index >= 15 is 0 Å². The Morgan fingerprint density at radius 3 is 2.24 bits per heavy atom. The first-order valence-electron chi connectivity index (χ1n) is 4.56. The lowest BCUT2D eigenvalue weighted by Gasteiger charge is -2.23. The summed E-state index contributed by atoms with van der Waals surface area (Å²) in [6.45, 7) is 0. The van der Waals surface area contributed by atoms with Gasteiger partial charge in [0.2, 0.25) is 12.1 Å². The van der Waals surface area contributed by atoms with Gasteiger partial charge in [-0.3, -0.25) is 0 Å². The van der Waals surface area contributed by atoms with Crippen LogP contribution < -0.4 is 0 Å². The summed E-state index contributed by atoms with van der Waals surface area (Å²) in [5, 5.41) is 36.3. The Morgan fingerprint density at radius 1 is 1.06 bits per heavy atom. The highest BCUT2D eigenvalue weighted by atomic mass is 16.6. The molecule has 0 spiro atoms. The Bertz CT molecular complexity index is 503. The topological polar surface area (TPSA) is 124 Å². The highest BCUT2D eigenvalue weighted by molar-refractivity contribution is 6.14. The second-order valence-corrected chi connectivity index (χ2v) is 3.54. The number of aliphatic hydroxyl groups excluding tert-OH is 1. The van der Waals surface area contributed by atoms with Crippen LogP contribution in [0.1, 0.15) is 26.3 Å². The van der Waals surface area contributed by atoms with E-state index in [0.717, 1.165) is 18.2 Å². The van der Waals surface area contributed by atoms with E-state index in [4.69, 9.17) is 10.2 Å². The van der Waals surface area contributed by atoms with Crippen LogP contribution in [0.2, 0.25) is 0 Å². The zero-order valence-corrected chi connectivity index (χ0v) is 8.32. The molecule has 1 aromatic rings. The largest absolute Gasteiger partial charge is 0.386 e. The summed E-state index contributed by atoms with van der Waals surface area (Å²) < 4.78 is 4.29. The number of aliphatic hydroxyl groups is 4. The lowest BCUT2D eigenvalue weighted by atomic mass is 9.99. The third-order valence-corrected chi connectivity index (χ3v) is 2.43. The van der Waals surface area contributed by atoms with E-state index in [9.17, 15) is 19.8 Å². The van der Waals surface area contributed by atoms with Crippen LogP contribution in [0.3, 0.4) is 0 Å². The minimum Gasteiger partial charge on any atom is -0.386 e. The first-order valence-corrected chi connectivity index (χ1v) is 4.56. The van der Waals surface area contributed by atoms with E-state index in [1.807, 2.05) is 0 Å². The van der Waals surface area contributed by atoms with E-state index < -0.39 is 24.0 Å². The average molecular weight is 240 g/mol. The lowest BCUT2D eigenvalue weighted by molar-refractivity contribution is -0.298. The summed E-state index contributed by atoms with van der Waals surface area (Å²) in [5.41, 5.74) is -0.500. The van der Waals surface area contributed by atoms with Gasteiger partial charge in [-0.2, -0.15) is 0 Å². The lowest BCUT2D eigenvalue weighted by Crippen LogP contribution is -2.39. The van der Waals surface area contributed by atoms with E-state index in [1.165, 1.54) is 0 Å². The van der Waals surface area contributed by atoms with Crippen molar-refractivity contribution in [1.29, 1.82) is 0 Å². The highest BCUT2D eigenvalue weighted by Crippen LogP contribution is 2.27. The molecule has 0 saturated heterocycles. The maximum atomic E-state index is 11.2. The van der Waals surface area contributed by atoms with Gasteiger partial charge in [0.05, 0.1) is 11.1 Å². The fourth-order valence-corrected chi connectivity index (χ4v) is 1.46. The number of ether oxygens (including phenoxy) is 1. The number of esters is 2. The van der Waals surface area contributed by atoms with Crippen LogP contribution in [0.5, 0.6) is 0 Å². The van der Waals surface area contributed by atoms with Crippen molar-refractivity contribution in [3.05, 3.63) is 34.9 Å². The molecule has 1 aliphatic heterocycles. The zero-order valence-electron chi connectivity index (χ0n) is 8.32. The van der Waals surface area contributed by atoms with Crippen molar-refractivity contribution in [3.63, 3.8) is 0 Å². The molecule has 1 aromatic carbocycles. The van der Waals surface area contributed by atoms with Crippen LogP contribution in [0, 0.1) is 0 Å². The molecule has 0 atom stereocenters. The van der Waals surface area contributed by atoms with Crippen LogP contribution in [0.15, 0.2) is 18.2 Å². The van der Waals surface area contributed by atoms with Crippen molar-refractivity contribution in [2.75, 3.05) is 0 Å². The molecule has 0 fully saturated rings. The third kappa shape index (κ3) is 1.71. The molecule has 0 bridgehead atoms. The molecular weight excluding hydrogens is 232 g/mol. The Morgan fingerprint density at radius 2 is 1.65 bits per heavy atom. The summed E-state index contributed by atoms with van der Waals surface area (Å²) in [5.74, 6) is -4.68. The maximum Gasteiger partial charge on any atom is 0.346 e. The summed E-state index contributed by atoms with van der Waals surface area (Å²) in [7, 11) is 0. The smallest absolute Gasteiger partial charge is 0.346 e. The molecule has 0 radical (unpaired) electrons. The Labute approximate surface area is 94.5 Å². The van der Waals surface area contributed by atoms with Crippen molar-refractivity contribution >= 4 is 11.9 Å². The molecule has 0 aliphatic carbocycles. The number of benzene rings is 1. The molecule has 1 aliphatic rings. The molecule has 90 valence electrons. The van der Waals surface area contributed by atoms with Gasteiger partial charge < -0.3 is 25.2 Å². The predicted molar refractivity (Wildman–Crippen MR) is 50.5 cm³/mol. The average Bonchev–Trinajstić information content (AvgIpc) is 2.54. The molecule has 1 heterocycles. The van der Waals surface area contributed by atoms with E-state index in [1.54, 1.807) is 0 Å². The molecular formula is C10H8O7. The number of cyclic esters (lactones) is 2. The number of rotatable bonds is 2. The van der Waals surface area contributed by atoms with Gasteiger partial charge in [0, 0.05) is 5.56 Å². The Balaban J connectivity index is 2.52. The van der Waals surface area contributed by atoms with Gasteiger partial charge in [-0.1, -0.05) is 6.07 Å². The third-order valence-electron chi connectivity index (χ3n) is 2.43. The van der Waals surface area contributed by atoms with Crippen LogP contribution >= 0.6 is 0 Å². The van der Waals surface area contributed by atoms with Crippen molar-refractivity contribution < 1.29 is 34.8 Å². The summed E-state index contributed by atoms with van der Waals surface area (Å²) in [6.07, 6.45) is -2.45. The fourth-order valence-electron chi connectivity index (χ4n) is 1.46. The van der Waals surface area contributed by atoms with Gasteiger partial charge in [-0.05, 0) is 12.1 Å². The minimum atomic E-state index is -2.93. The van der Waals surface area contributed by atoms with Crippen LogP contribution in [0.25, 0.3) is 0 Å². The van der Waals surface area contributed by atoms with Crippen molar-refractivity contribution in [2.24, 2.45) is 0 Å². The van der Waals surface area contributed by atoms with Crippen LogP contribution in [-0.2, 0) is 10.5 Å². The van der Waals surface area contributed by atoms with Crippen LogP contribution in [0.4, 0.5) is 0 Å². The molecule has 7 nitrogen and oxygen atoms in total. The summed E-state index contributed by atoms with van der Waals surface area (Å²) in [6, 6.07) is 3.18. The summed E-state index contributed by atoms with van der Waals surface area (Å²) >= 11 is 0. The van der Waals surface area contributed by atoms with Crippen LogP contribution in [-0.4, -0.2) is 38.7 Å². The van der Waals surface area contributed by atoms with Gasteiger partial charge in [0.1, 0.15) is 0 Å². The van der Waals surface area contributed by atoms with E-state index in [0.29, 0.717) is 0 Å². The standard InChI is InChI=1S/C10H8O7/c11-7-5-2-1-4(10(15,16)9(13)14)3-6(5)8(12)17-7/h1-3,9,13-16H. The van der Waals surface area contributed by atoms with Crippen molar-refractivity contribution in [1.82, 2.24) is 0 Å². The fraction of sp³-hybridized carbons (Fsp3) is 0.200. The van der Waals surface area contributed by atoms with Crippen molar-refractivity contribution in [3.8, 4) is 0 Å². The molecule has 0 aromatic heterocycles. The van der Waals surface area contributed by atoms with E-state index in [2.05, 4.69) is 4.74 Å². The first-order chi connectivity index (χ1) is 7.84. The molecule has 17 heavy (non-hydrogen) atoms. The monoisotopic (exact) mass is 240 g/mol. The van der Waals surface area contributed by atoms with Gasteiger partial charge in [0.15, 0.2) is 0 Å². The zero-order chi connectivity index (χ0) is 12.8. The molecule has 0 unspecified atom stereocenters. The Hall–Kier alpha value is -1.80. The second-order valence-electron chi connectivity index (χ2n) is 3.54. The highest BCUT2D eigenvalue weighted by Gasteiger charge is 2.37. The normalized spacial score (nSPS) is 15.1. The number of hydrogen-bond acceptors (Lipinski definition) is 7. The number of hydrogen-bond donors (Lipinski definition) is 4. The molecule has 2 rings (SSSR count). The quantitative estimate of drug-likeness (QED) is 0.280. The van der Waals surface area contributed by atoms with Gasteiger partial charge in [0.25, 0.3) is 0 Å². The number of carbonyl (C=O) groups excluding carboxylic acids is 2. The SMILES string of the molecule is O=C1OC(=O)c2cc(C(O)(O)C(O)O)ccc21. The van der Waals surface area contributed by atoms with Crippen molar-refractivity contribution in [2.45, 2.75) is 12.1 Å². The maximum absolute atomic E-state index is 11.2. The molecule has 7 heteroatoms. The second kappa shape index (κ2) is 3.60.